The van der Waals surface area contributed by atoms with Crippen molar-refractivity contribution in [2.24, 2.45) is 0 Å². The molecule has 0 saturated carbocycles. The minimum Gasteiger partial charge on any atom is -0.505 e. The number of anilines is 3. The summed E-state index contributed by atoms with van der Waals surface area (Å²) in [5, 5.41) is 16.1. The van der Waals surface area contributed by atoms with Crippen LogP contribution in [0.2, 0.25) is 0 Å². The third-order valence-corrected chi connectivity index (χ3v) is 4.13. The van der Waals surface area contributed by atoms with E-state index in [2.05, 4.69) is 17.6 Å². The van der Waals surface area contributed by atoms with Crippen molar-refractivity contribution in [1.82, 2.24) is 4.90 Å². The highest BCUT2D eigenvalue weighted by Gasteiger charge is 2.23. The molecule has 0 aromatic heterocycles. The Morgan fingerprint density at radius 2 is 1.85 bits per heavy atom. The van der Waals surface area contributed by atoms with Crippen LogP contribution in [0.3, 0.4) is 0 Å². The molecule has 2 aromatic rings. The van der Waals surface area contributed by atoms with Gasteiger partial charge in [0.05, 0.1) is 11.3 Å². The number of carbonyl (C=O) groups excluding carboxylic acids is 1. The Morgan fingerprint density at radius 1 is 1.15 bits per heavy atom. The normalized spacial score (nSPS) is 11.1. The fourth-order valence-corrected chi connectivity index (χ4v) is 2.56. The first-order chi connectivity index (χ1) is 12.9. The first kappa shape index (κ1) is 20.2. The number of nitrogens with one attached hydrogen (secondary N) is 2. The molecule has 1 amide bonds. The van der Waals surface area contributed by atoms with Crippen LogP contribution in [0, 0.1) is 0 Å². The summed E-state index contributed by atoms with van der Waals surface area (Å²) in [6, 6.07) is 4.62. The molecule has 0 aliphatic heterocycles. The number of hydrogen-bond donors (Lipinski definition) is 3. The lowest BCUT2D eigenvalue weighted by atomic mass is 10.1. The number of aromatic hydroxyl groups is 1. The van der Waals surface area contributed by atoms with Crippen molar-refractivity contribution in [3.63, 3.8) is 0 Å². The predicted molar refractivity (Wildman–Crippen MR) is 108 cm³/mol. The molecule has 7 nitrogen and oxygen atoms in total. The molecule has 2 aromatic carbocycles. The molecular weight excluding hydrogens is 346 g/mol. The van der Waals surface area contributed by atoms with E-state index in [1.54, 1.807) is 20.2 Å². The third kappa shape index (κ3) is 4.55. The van der Waals surface area contributed by atoms with Gasteiger partial charge in [-0.3, -0.25) is 14.4 Å². The number of unbranched alkanes of at least 4 members (excludes halogenated alkanes) is 2. The largest absolute Gasteiger partial charge is 0.505 e. The predicted octanol–water partition coefficient (Wildman–Crippen LogP) is 2.59. The van der Waals surface area contributed by atoms with Gasteiger partial charge < -0.3 is 20.6 Å². The number of phenols is 1. The van der Waals surface area contributed by atoms with E-state index < -0.39 is 10.9 Å². The minimum atomic E-state index is -0.656. The van der Waals surface area contributed by atoms with Gasteiger partial charge in [0.15, 0.2) is 5.75 Å². The summed E-state index contributed by atoms with van der Waals surface area (Å²) in [5.41, 5.74) is -0.681. The van der Waals surface area contributed by atoms with E-state index in [0.29, 0.717) is 6.54 Å². The van der Waals surface area contributed by atoms with Crippen molar-refractivity contribution < 1.29 is 9.90 Å². The second-order valence-corrected chi connectivity index (χ2v) is 6.43. The van der Waals surface area contributed by atoms with E-state index in [1.165, 1.54) is 17.0 Å². The molecule has 7 heteroatoms. The van der Waals surface area contributed by atoms with E-state index in [0.717, 1.165) is 19.3 Å². The Kier molecular flexibility index (Phi) is 6.76. The molecule has 0 spiro atoms. The van der Waals surface area contributed by atoms with Crippen LogP contribution in [0.1, 0.15) is 36.5 Å². The Hall–Kier alpha value is -3.09. The summed E-state index contributed by atoms with van der Waals surface area (Å²) in [6.45, 7) is 2.54. The Morgan fingerprint density at radius 3 is 2.52 bits per heavy atom. The standard InChI is InChI=1S/C20H25N3O4/c1-4-5-6-7-8-12-21-15-16(19(26)18(15)25)22-14-11-9-10-13(17(14)24)20(27)23(2)3/h7-11,21-22,24H,4-6,12H2,1-3H3/b8-7-. The highest BCUT2D eigenvalue weighted by molar-refractivity contribution is 5.99. The molecule has 0 bridgehead atoms. The number of nitrogens with zero attached hydrogens (tertiary/aromatic N) is 1. The smallest absolute Gasteiger partial charge is 0.257 e. The average Bonchev–Trinajstić information content (AvgIpc) is 2.66. The Bertz CT molecular complexity index is 909. The van der Waals surface area contributed by atoms with Crippen LogP contribution in [0.15, 0.2) is 39.9 Å². The Balaban J connectivity index is 2.15. The van der Waals surface area contributed by atoms with Crippen molar-refractivity contribution in [2.45, 2.75) is 26.2 Å². The zero-order valence-electron chi connectivity index (χ0n) is 15.8. The third-order valence-electron chi connectivity index (χ3n) is 4.13. The first-order valence-electron chi connectivity index (χ1n) is 8.91. The van der Waals surface area contributed by atoms with Gasteiger partial charge in [0.2, 0.25) is 0 Å². The lowest BCUT2D eigenvalue weighted by Crippen LogP contribution is -2.36. The molecule has 27 heavy (non-hydrogen) atoms. The molecule has 0 aliphatic carbocycles. The van der Waals surface area contributed by atoms with Crippen molar-refractivity contribution >= 4 is 23.0 Å². The number of benzene rings is 1. The monoisotopic (exact) mass is 371 g/mol. The zero-order valence-corrected chi connectivity index (χ0v) is 15.8. The van der Waals surface area contributed by atoms with E-state index in [4.69, 9.17) is 0 Å². The average molecular weight is 371 g/mol. The van der Waals surface area contributed by atoms with Gasteiger partial charge in [-0.25, -0.2) is 0 Å². The quantitative estimate of drug-likeness (QED) is 0.271. The van der Waals surface area contributed by atoms with Crippen LogP contribution in [0.25, 0.3) is 0 Å². The zero-order chi connectivity index (χ0) is 20.0. The second kappa shape index (κ2) is 9.02. The number of rotatable bonds is 9. The molecular formula is C20H25N3O4. The van der Waals surface area contributed by atoms with Crippen molar-refractivity contribution in [3.8, 4) is 5.75 Å². The maximum Gasteiger partial charge on any atom is 0.257 e. The molecule has 3 N–H and O–H groups in total. The van der Waals surface area contributed by atoms with Crippen LogP contribution in [-0.4, -0.2) is 36.6 Å². The van der Waals surface area contributed by atoms with Gasteiger partial charge in [-0.15, -0.1) is 0 Å². The molecule has 0 radical (unpaired) electrons. The van der Waals surface area contributed by atoms with E-state index in [1.807, 2.05) is 12.2 Å². The number of allylic oxidation sites excluding steroid dienone is 1. The van der Waals surface area contributed by atoms with Gasteiger partial charge in [0.25, 0.3) is 16.8 Å². The van der Waals surface area contributed by atoms with Crippen LogP contribution in [0.5, 0.6) is 5.75 Å². The molecule has 0 heterocycles. The van der Waals surface area contributed by atoms with Crippen LogP contribution >= 0.6 is 0 Å². The van der Waals surface area contributed by atoms with Gasteiger partial charge in [-0.05, 0) is 18.6 Å². The summed E-state index contributed by atoms with van der Waals surface area (Å²) < 4.78 is 0. The fraction of sp³-hybridized carbons (Fsp3) is 0.350. The molecule has 0 aliphatic rings. The van der Waals surface area contributed by atoms with Crippen LogP contribution in [0.4, 0.5) is 17.1 Å². The van der Waals surface area contributed by atoms with Crippen molar-refractivity contribution in [2.75, 3.05) is 31.3 Å². The van der Waals surface area contributed by atoms with Crippen molar-refractivity contribution in [1.29, 1.82) is 0 Å². The number of phenolic OH excluding ortho intramolecular Hbond substituents is 1. The van der Waals surface area contributed by atoms with Gasteiger partial charge in [-0.1, -0.05) is 38.0 Å². The number of hydrogen-bond acceptors (Lipinski definition) is 6. The van der Waals surface area contributed by atoms with E-state index in [9.17, 15) is 19.5 Å². The molecule has 2 rings (SSSR count). The van der Waals surface area contributed by atoms with E-state index >= 15 is 0 Å². The van der Waals surface area contributed by atoms with Crippen LogP contribution in [-0.2, 0) is 0 Å². The van der Waals surface area contributed by atoms with Gasteiger partial charge in [0.1, 0.15) is 11.4 Å². The number of carbonyl (C=O) groups is 1. The van der Waals surface area contributed by atoms with Crippen molar-refractivity contribution in [3.05, 3.63) is 56.4 Å². The lowest BCUT2D eigenvalue weighted by Gasteiger charge is -2.17. The fourth-order valence-electron chi connectivity index (χ4n) is 2.56. The molecule has 144 valence electrons. The summed E-state index contributed by atoms with van der Waals surface area (Å²) in [6.07, 6.45) is 7.12. The minimum absolute atomic E-state index is 0.0895. The summed E-state index contributed by atoms with van der Waals surface area (Å²) >= 11 is 0. The SMILES string of the molecule is CCCC/C=C\CNc1c(Nc2cccc(C(=O)N(C)C)c2O)c(=O)c1=O. The highest BCUT2D eigenvalue weighted by Crippen LogP contribution is 2.31. The summed E-state index contributed by atoms with van der Waals surface area (Å²) in [5.74, 6) is -0.633. The molecule has 0 saturated heterocycles. The molecule has 0 atom stereocenters. The van der Waals surface area contributed by atoms with Crippen LogP contribution < -0.4 is 21.5 Å². The molecule has 0 unspecified atom stereocenters. The number of amides is 1. The highest BCUT2D eigenvalue weighted by atomic mass is 16.3. The summed E-state index contributed by atoms with van der Waals surface area (Å²) in [4.78, 5) is 37.2. The van der Waals surface area contributed by atoms with E-state index in [-0.39, 0.29) is 34.3 Å². The topological polar surface area (TPSA) is 98.7 Å². The second-order valence-electron chi connectivity index (χ2n) is 6.43. The Labute approximate surface area is 158 Å². The van der Waals surface area contributed by atoms with Gasteiger partial charge >= 0.3 is 0 Å². The lowest BCUT2D eigenvalue weighted by molar-refractivity contribution is 0.0824. The summed E-state index contributed by atoms with van der Waals surface area (Å²) in [7, 11) is 3.16. The maximum absolute atomic E-state index is 12.1. The first-order valence-corrected chi connectivity index (χ1v) is 8.91. The van der Waals surface area contributed by atoms with Gasteiger partial charge in [0, 0.05) is 20.6 Å². The van der Waals surface area contributed by atoms with Gasteiger partial charge in [-0.2, -0.15) is 0 Å². The maximum atomic E-state index is 12.1. The number of para-hydroxylation sites is 1. The molecule has 0 fully saturated rings.